The zero-order chi connectivity index (χ0) is 17.9. The molecule has 0 spiro atoms. The summed E-state index contributed by atoms with van der Waals surface area (Å²) in [5.74, 6) is -0.0149. The molecule has 0 atom stereocenters. The average molecular weight is 348 g/mol. The smallest absolute Gasteiger partial charge is 0.354 e. The largest absolute Gasteiger partial charge is 0.493 e. The van der Waals surface area contributed by atoms with E-state index in [2.05, 4.69) is 29.0 Å². The lowest BCUT2D eigenvalue weighted by Crippen LogP contribution is -2.07. The van der Waals surface area contributed by atoms with Gasteiger partial charge in [-0.1, -0.05) is 13.0 Å². The summed E-state index contributed by atoms with van der Waals surface area (Å²) >= 11 is 0. The second-order valence-corrected chi connectivity index (χ2v) is 7.64. The summed E-state index contributed by atoms with van der Waals surface area (Å²) in [5.41, 5.74) is 5.91. The summed E-state index contributed by atoms with van der Waals surface area (Å²) in [6, 6.07) is 9.55. The number of aromatic nitrogens is 2. The van der Waals surface area contributed by atoms with Crippen molar-refractivity contribution in [3.8, 4) is 5.75 Å². The van der Waals surface area contributed by atoms with E-state index >= 15 is 0 Å². The van der Waals surface area contributed by atoms with Crippen LogP contribution in [0.4, 0.5) is 0 Å². The number of carboxylic acids is 1. The predicted octanol–water partition coefficient (Wildman–Crippen LogP) is 3.84. The van der Waals surface area contributed by atoms with E-state index in [0.717, 1.165) is 30.0 Å². The number of aromatic carboxylic acids is 1. The van der Waals surface area contributed by atoms with E-state index < -0.39 is 5.97 Å². The van der Waals surface area contributed by atoms with Crippen LogP contribution in [0.25, 0.3) is 10.9 Å². The third kappa shape index (κ3) is 2.38. The van der Waals surface area contributed by atoms with Gasteiger partial charge in [0.05, 0.1) is 6.61 Å². The van der Waals surface area contributed by atoms with Gasteiger partial charge in [-0.15, -0.1) is 0 Å². The van der Waals surface area contributed by atoms with Crippen molar-refractivity contribution in [2.75, 3.05) is 6.61 Å². The molecule has 5 rings (SSSR count). The molecule has 0 bridgehead atoms. The normalized spacial score (nSPS) is 17.1. The molecule has 2 aromatic heterocycles. The van der Waals surface area contributed by atoms with Crippen LogP contribution in [0.1, 0.15) is 52.8 Å². The highest BCUT2D eigenvalue weighted by atomic mass is 16.5. The molecule has 2 aliphatic rings. The second kappa shape index (κ2) is 5.34. The zero-order valence-electron chi connectivity index (χ0n) is 14.6. The Morgan fingerprint density at radius 1 is 1.35 bits per heavy atom. The summed E-state index contributed by atoms with van der Waals surface area (Å²) in [7, 11) is 0. The Morgan fingerprint density at radius 3 is 2.96 bits per heavy atom. The number of H-pyrrole nitrogens is 1. The number of ether oxygens (including phenoxy) is 1. The third-order valence-corrected chi connectivity index (χ3v) is 5.70. The summed E-state index contributed by atoms with van der Waals surface area (Å²) in [6.07, 6.45) is 3.91. The fourth-order valence-electron chi connectivity index (χ4n) is 3.94. The first-order valence-corrected chi connectivity index (χ1v) is 9.03. The molecular weight excluding hydrogens is 328 g/mol. The molecule has 0 amide bonds. The van der Waals surface area contributed by atoms with Crippen LogP contribution < -0.4 is 4.74 Å². The van der Waals surface area contributed by atoms with Crippen LogP contribution in [-0.2, 0) is 18.3 Å². The number of pyridine rings is 1. The first kappa shape index (κ1) is 15.4. The molecular formula is C21H20N2O3. The molecule has 0 unspecified atom stereocenters. The number of nitrogens with one attached hydrogen (secondary N) is 1. The van der Waals surface area contributed by atoms with Crippen LogP contribution >= 0.6 is 0 Å². The highest BCUT2D eigenvalue weighted by Crippen LogP contribution is 2.50. The van der Waals surface area contributed by atoms with E-state index in [1.165, 1.54) is 41.1 Å². The minimum atomic E-state index is -0.991. The Kier molecular flexibility index (Phi) is 3.17. The Hall–Kier alpha value is -2.82. The molecule has 5 nitrogen and oxygen atoms in total. The molecule has 1 aliphatic heterocycles. The molecule has 1 aromatic carbocycles. The van der Waals surface area contributed by atoms with E-state index in [-0.39, 0.29) is 11.1 Å². The monoisotopic (exact) mass is 348 g/mol. The molecule has 1 aliphatic carbocycles. The number of carboxylic acid groups (broad SMARTS) is 1. The summed E-state index contributed by atoms with van der Waals surface area (Å²) in [6.45, 7) is 3.02. The van der Waals surface area contributed by atoms with Gasteiger partial charge in [0.2, 0.25) is 0 Å². The SMILES string of the molecule is CC1(c2[nH]c3cc4c(cc3c2Cc2cccc(C(=O)O)n2)CCO4)CC1. The topological polar surface area (TPSA) is 75.2 Å². The van der Waals surface area contributed by atoms with Gasteiger partial charge in [0, 0.05) is 46.6 Å². The Bertz CT molecular complexity index is 1050. The number of aromatic amines is 1. The van der Waals surface area contributed by atoms with Gasteiger partial charge in [0.25, 0.3) is 0 Å². The number of nitrogens with zero attached hydrogens (tertiary/aromatic N) is 1. The van der Waals surface area contributed by atoms with Gasteiger partial charge in [0.1, 0.15) is 11.4 Å². The minimum Gasteiger partial charge on any atom is -0.493 e. The molecule has 2 N–H and O–H groups in total. The molecule has 0 radical (unpaired) electrons. The summed E-state index contributed by atoms with van der Waals surface area (Å²) < 4.78 is 5.72. The minimum absolute atomic E-state index is 0.0933. The van der Waals surface area contributed by atoms with Gasteiger partial charge in [-0.3, -0.25) is 0 Å². The first-order valence-electron chi connectivity index (χ1n) is 9.03. The maximum atomic E-state index is 11.2. The number of benzene rings is 1. The van der Waals surface area contributed by atoms with Gasteiger partial charge in [-0.2, -0.15) is 0 Å². The maximum Gasteiger partial charge on any atom is 0.354 e. The molecule has 26 heavy (non-hydrogen) atoms. The summed E-state index contributed by atoms with van der Waals surface area (Å²) in [5, 5.41) is 10.4. The van der Waals surface area contributed by atoms with Crippen LogP contribution in [0.3, 0.4) is 0 Å². The van der Waals surface area contributed by atoms with Crippen molar-refractivity contribution in [1.29, 1.82) is 0 Å². The van der Waals surface area contributed by atoms with Crippen molar-refractivity contribution in [3.05, 3.63) is 58.5 Å². The molecule has 1 fully saturated rings. The van der Waals surface area contributed by atoms with Crippen molar-refractivity contribution in [2.24, 2.45) is 0 Å². The zero-order valence-corrected chi connectivity index (χ0v) is 14.6. The van der Waals surface area contributed by atoms with E-state index in [0.29, 0.717) is 6.42 Å². The maximum absolute atomic E-state index is 11.2. The van der Waals surface area contributed by atoms with Gasteiger partial charge in [-0.05, 0) is 42.2 Å². The van der Waals surface area contributed by atoms with Crippen LogP contribution in [0.5, 0.6) is 5.75 Å². The Balaban J connectivity index is 1.65. The van der Waals surface area contributed by atoms with Gasteiger partial charge in [-0.25, -0.2) is 9.78 Å². The van der Waals surface area contributed by atoms with E-state index in [1.54, 1.807) is 6.07 Å². The second-order valence-electron chi connectivity index (χ2n) is 7.64. The lowest BCUT2D eigenvalue weighted by atomic mass is 9.95. The number of carbonyl (C=O) groups is 1. The third-order valence-electron chi connectivity index (χ3n) is 5.70. The molecule has 132 valence electrons. The van der Waals surface area contributed by atoms with Crippen LogP contribution in [0.15, 0.2) is 30.3 Å². The Labute approximate surface area is 151 Å². The fourth-order valence-corrected chi connectivity index (χ4v) is 3.94. The molecule has 5 heteroatoms. The lowest BCUT2D eigenvalue weighted by Gasteiger charge is -2.11. The average Bonchev–Trinajstić information content (AvgIpc) is 3.06. The predicted molar refractivity (Wildman–Crippen MR) is 98.1 cm³/mol. The highest BCUT2D eigenvalue weighted by molar-refractivity contribution is 5.88. The van der Waals surface area contributed by atoms with Gasteiger partial charge in [0.15, 0.2) is 0 Å². The standard InChI is InChI=1S/C21H20N2O3/c1-21(6-7-21)19-15(10-13-3-2-4-16(22-13)20(24)25)14-9-12-5-8-26-18(12)11-17(14)23-19/h2-4,9,11,23H,5-8,10H2,1H3,(H,24,25). The molecule has 1 saturated carbocycles. The van der Waals surface area contributed by atoms with Crippen LogP contribution in [0, 0.1) is 0 Å². The van der Waals surface area contributed by atoms with Crippen molar-refractivity contribution < 1.29 is 14.6 Å². The van der Waals surface area contributed by atoms with E-state index in [4.69, 9.17) is 4.74 Å². The van der Waals surface area contributed by atoms with Crippen molar-refractivity contribution in [3.63, 3.8) is 0 Å². The summed E-state index contributed by atoms with van der Waals surface area (Å²) in [4.78, 5) is 19.2. The van der Waals surface area contributed by atoms with Crippen LogP contribution in [0.2, 0.25) is 0 Å². The van der Waals surface area contributed by atoms with Crippen molar-refractivity contribution >= 4 is 16.9 Å². The number of rotatable bonds is 4. The van der Waals surface area contributed by atoms with E-state index in [1.807, 2.05) is 6.07 Å². The van der Waals surface area contributed by atoms with Gasteiger partial charge >= 0.3 is 5.97 Å². The molecule has 3 aromatic rings. The van der Waals surface area contributed by atoms with Crippen molar-refractivity contribution in [1.82, 2.24) is 9.97 Å². The van der Waals surface area contributed by atoms with E-state index in [9.17, 15) is 9.90 Å². The lowest BCUT2D eigenvalue weighted by molar-refractivity contribution is 0.0690. The first-order chi connectivity index (χ1) is 12.5. The quantitative estimate of drug-likeness (QED) is 0.751. The van der Waals surface area contributed by atoms with Crippen LogP contribution in [-0.4, -0.2) is 27.7 Å². The number of hydrogen-bond acceptors (Lipinski definition) is 3. The molecule has 3 heterocycles. The van der Waals surface area contributed by atoms with Crippen molar-refractivity contribution in [2.45, 2.75) is 38.0 Å². The number of hydrogen-bond donors (Lipinski definition) is 2. The molecule has 0 saturated heterocycles. The Morgan fingerprint density at radius 2 is 2.19 bits per heavy atom. The van der Waals surface area contributed by atoms with Gasteiger partial charge < -0.3 is 14.8 Å². The fraction of sp³-hybridized carbons (Fsp3) is 0.333. The highest BCUT2D eigenvalue weighted by Gasteiger charge is 2.42. The number of fused-ring (bicyclic) bond motifs is 2.